The molecule has 4 aromatic rings. The van der Waals surface area contributed by atoms with Gasteiger partial charge in [0.1, 0.15) is 0 Å². The molecule has 2 N–H and O–H groups in total. The number of benzene rings is 3. The molecule has 6 nitrogen and oxygen atoms in total. The molecule has 10 heteroatoms. The van der Waals surface area contributed by atoms with Crippen LogP contribution in [0.3, 0.4) is 0 Å². The molecule has 4 rings (SSSR count). The van der Waals surface area contributed by atoms with Crippen LogP contribution in [-0.4, -0.2) is 33.8 Å². The van der Waals surface area contributed by atoms with Gasteiger partial charge in [-0.3, -0.25) is 9.59 Å². The van der Waals surface area contributed by atoms with Gasteiger partial charge in [0.05, 0.1) is 18.7 Å². The average Bonchev–Trinajstić information content (AvgIpc) is 3.36. The number of amides is 1. The number of aliphatic carboxylic acids is 1. The lowest BCUT2D eigenvalue weighted by atomic mass is 10.0. The molecule has 0 saturated heterocycles. The number of carboxylic acids is 1. The summed E-state index contributed by atoms with van der Waals surface area (Å²) in [7, 11) is 0. The SMILES string of the molecule is Cc1ccc(-c2csc(N(Cc3ccc(C(=O)NCCC(=O)O)cc3)c3ccc(SC(C)(F)F)cc3)n2)c(C)c1. The number of thiazole rings is 1. The van der Waals surface area contributed by atoms with E-state index >= 15 is 0 Å². The number of anilines is 2. The molecule has 0 atom stereocenters. The lowest BCUT2D eigenvalue weighted by Gasteiger charge is -2.23. The Morgan fingerprint density at radius 3 is 2.38 bits per heavy atom. The minimum absolute atomic E-state index is 0.0504. The summed E-state index contributed by atoms with van der Waals surface area (Å²) in [5, 5.41) is 11.2. The number of hydrogen-bond donors (Lipinski definition) is 2. The molecule has 1 amide bonds. The molecule has 1 aromatic heterocycles. The molecular formula is C30H29F2N3O3S2. The predicted octanol–water partition coefficient (Wildman–Crippen LogP) is 7.67. The maximum atomic E-state index is 13.5. The van der Waals surface area contributed by atoms with Crippen LogP contribution < -0.4 is 10.2 Å². The van der Waals surface area contributed by atoms with Crippen LogP contribution in [0.1, 0.15) is 40.4 Å². The number of aryl methyl sites for hydroxylation is 2. The van der Waals surface area contributed by atoms with Gasteiger partial charge in [0.25, 0.3) is 11.2 Å². The zero-order valence-electron chi connectivity index (χ0n) is 22.3. The topological polar surface area (TPSA) is 82.5 Å². The van der Waals surface area contributed by atoms with Crippen molar-refractivity contribution >= 4 is 45.8 Å². The van der Waals surface area contributed by atoms with Crippen LogP contribution in [0.15, 0.2) is 77.0 Å². The molecule has 0 fully saturated rings. The first-order valence-electron chi connectivity index (χ1n) is 12.5. The first-order valence-corrected chi connectivity index (χ1v) is 14.2. The standard InChI is InChI=1S/C30H29F2N3O3S2/c1-19-4-13-25(20(2)16-19)26-18-39-29(34-26)35(23-9-11-24(12-10-23)40-30(3,31)32)17-21-5-7-22(8-6-21)28(38)33-15-14-27(36)37/h4-13,16,18H,14-15,17H2,1-3H3,(H,33,38)(H,36,37). The van der Waals surface area contributed by atoms with E-state index in [1.54, 1.807) is 36.4 Å². The van der Waals surface area contributed by atoms with Gasteiger partial charge in [-0.15, -0.1) is 11.3 Å². The van der Waals surface area contributed by atoms with Crippen LogP contribution in [0.4, 0.5) is 19.6 Å². The first kappa shape index (κ1) is 29.2. The highest BCUT2D eigenvalue weighted by Crippen LogP contribution is 2.38. The van der Waals surface area contributed by atoms with Crippen LogP contribution >= 0.6 is 23.1 Å². The minimum atomic E-state index is -2.88. The van der Waals surface area contributed by atoms with Gasteiger partial charge < -0.3 is 15.3 Å². The molecule has 0 aliphatic carbocycles. The lowest BCUT2D eigenvalue weighted by Crippen LogP contribution is -2.26. The normalized spacial score (nSPS) is 11.3. The van der Waals surface area contributed by atoms with E-state index in [-0.39, 0.29) is 18.9 Å². The molecule has 1 heterocycles. The van der Waals surface area contributed by atoms with Gasteiger partial charge in [0.15, 0.2) is 5.13 Å². The van der Waals surface area contributed by atoms with Crippen molar-refractivity contribution in [2.24, 2.45) is 0 Å². The van der Waals surface area contributed by atoms with E-state index in [1.165, 1.54) is 16.9 Å². The van der Waals surface area contributed by atoms with Crippen LogP contribution in [-0.2, 0) is 11.3 Å². The highest BCUT2D eigenvalue weighted by molar-refractivity contribution is 8.00. The summed E-state index contributed by atoms with van der Waals surface area (Å²) in [4.78, 5) is 30.4. The van der Waals surface area contributed by atoms with Gasteiger partial charge in [-0.25, -0.2) is 4.98 Å². The third-order valence-electron chi connectivity index (χ3n) is 6.01. The third kappa shape index (κ3) is 7.89. The predicted molar refractivity (Wildman–Crippen MR) is 157 cm³/mol. The van der Waals surface area contributed by atoms with Crippen molar-refractivity contribution in [1.82, 2.24) is 10.3 Å². The molecule has 0 radical (unpaired) electrons. The number of hydrogen-bond acceptors (Lipinski definition) is 6. The maximum absolute atomic E-state index is 13.5. The van der Waals surface area contributed by atoms with Crippen LogP contribution in [0.2, 0.25) is 0 Å². The summed E-state index contributed by atoms with van der Waals surface area (Å²) in [6.07, 6.45) is -0.149. The molecule has 40 heavy (non-hydrogen) atoms. The Morgan fingerprint density at radius 1 is 1.05 bits per heavy atom. The van der Waals surface area contributed by atoms with E-state index in [1.807, 2.05) is 29.3 Å². The zero-order valence-corrected chi connectivity index (χ0v) is 23.9. The fourth-order valence-electron chi connectivity index (χ4n) is 4.11. The highest BCUT2D eigenvalue weighted by atomic mass is 32.2. The number of nitrogens with zero attached hydrogens (tertiary/aromatic N) is 2. The molecule has 0 unspecified atom stereocenters. The van der Waals surface area contributed by atoms with Crippen molar-refractivity contribution in [1.29, 1.82) is 0 Å². The summed E-state index contributed by atoms with van der Waals surface area (Å²) in [5.74, 6) is -1.32. The fraction of sp³-hybridized carbons (Fsp3) is 0.233. The van der Waals surface area contributed by atoms with Crippen molar-refractivity contribution in [2.45, 2.75) is 43.9 Å². The van der Waals surface area contributed by atoms with E-state index < -0.39 is 11.2 Å². The number of carboxylic acid groups (broad SMARTS) is 1. The fourth-order valence-corrected chi connectivity index (χ4v) is 5.64. The molecule has 0 spiro atoms. The Bertz CT molecular complexity index is 1480. The summed E-state index contributed by atoms with van der Waals surface area (Å²) in [5.41, 5.74) is 6.32. The van der Waals surface area contributed by atoms with E-state index in [9.17, 15) is 18.4 Å². The zero-order chi connectivity index (χ0) is 28.9. The molecule has 0 aliphatic rings. The van der Waals surface area contributed by atoms with Crippen LogP contribution in [0.5, 0.6) is 0 Å². The van der Waals surface area contributed by atoms with Crippen molar-refractivity contribution in [2.75, 3.05) is 11.4 Å². The van der Waals surface area contributed by atoms with E-state index in [0.717, 1.165) is 40.1 Å². The lowest BCUT2D eigenvalue weighted by molar-refractivity contribution is -0.136. The van der Waals surface area contributed by atoms with Gasteiger partial charge in [-0.1, -0.05) is 47.7 Å². The number of thioether (sulfide) groups is 1. The number of halogens is 2. The van der Waals surface area contributed by atoms with Gasteiger partial charge in [0.2, 0.25) is 0 Å². The third-order valence-corrected chi connectivity index (χ3v) is 7.74. The smallest absolute Gasteiger partial charge is 0.305 e. The van der Waals surface area contributed by atoms with E-state index in [0.29, 0.717) is 28.8 Å². The van der Waals surface area contributed by atoms with Crippen molar-refractivity contribution < 1.29 is 23.5 Å². The highest BCUT2D eigenvalue weighted by Gasteiger charge is 2.23. The van der Waals surface area contributed by atoms with Crippen molar-refractivity contribution in [3.63, 3.8) is 0 Å². The number of nitrogens with one attached hydrogen (secondary N) is 1. The number of rotatable bonds is 11. The monoisotopic (exact) mass is 581 g/mol. The Kier molecular flexibility index (Phi) is 9.21. The molecule has 3 aromatic carbocycles. The number of alkyl halides is 2. The van der Waals surface area contributed by atoms with E-state index in [2.05, 4.69) is 30.4 Å². The van der Waals surface area contributed by atoms with Gasteiger partial charge in [-0.05, 0) is 61.4 Å². The minimum Gasteiger partial charge on any atom is -0.481 e. The quantitative estimate of drug-likeness (QED) is 0.177. The largest absolute Gasteiger partial charge is 0.481 e. The number of carbonyl (C=O) groups excluding carboxylic acids is 1. The summed E-state index contributed by atoms with van der Waals surface area (Å²) >= 11 is 1.99. The Labute approximate surface area is 240 Å². The molecular weight excluding hydrogens is 552 g/mol. The van der Waals surface area contributed by atoms with Gasteiger partial charge in [0, 0.05) is 40.6 Å². The second-order valence-electron chi connectivity index (χ2n) is 9.42. The van der Waals surface area contributed by atoms with Crippen molar-refractivity contribution in [3.05, 3.63) is 94.4 Å². The Balaban J connectivity index is 1.60. The van der Waals surface area contributed by atoms with Crippen LogP contribution in [0, 0.1) is 13.8 Å². The summed E-state index contributed by atoms with van der Waals surface area (Å²) in [6, 6.07) is 20.2. The van der Waals surface area contributed by atoms with Gasteiger partial charge >= 0.3 is 5.97 Å². The van der Waals surface area contributed by atoms with E-state index in [4.69, 9.17) is 10.1 Å². The Hall–Kier alpha value is -3.76. The first-order chi connectivity index (χ1) is 19.0. The molecule has 0 saturated carbocycles. The average molecular weight is 582 g/mol. The van der Waals surface area contributed by atoms with Gasteiger partial charge in [-0.2, -0.15) is 8.78 Å². The second kappa shape index (κ2) is 12.6. The number of carbonyl (C=O) groups is 2. The number of aromatic nitrogens is 1. The van der Waals surface area contributed by atoms with Crippen LogP contribution in [0.25, 0.3) is 11.3 Å². The Morgan fingerprint density at radius 2 is 1.75 bits per heavy atom. The molecule has 0 bridgehead atoms. The molecule has 208 valence electrons. The summed E-state index contributed by atoms with van der Waals surface area (Å²) in [6.45, 7) is 5.45. The van der Waals surface area contributed by atoms with Crippen molar-refractivity contribution in [3.8, 4) is 11.3 Å². The maximum Gasteiger partial charge on any atom is 0.305 e. The molecule has 0 aliphatic heterocycles. The second-order valence-corrected chi connectivity index (χ2v) is 11.6. The summed E-state index contributed by atoms with van der Waals surface area (Å²) < 4.78 is 27.0.